The van der Waals surface area contributed by atoms with Crippen molar-refractivity contribution in [2.75, 3.05) is 5.73 Å². The Labute approximate surface area is 102 Å². The number of nitrogen functional groups attached to an aromatic ring is 1. The maximum absolute atomic E-state index is 6.19. The van der Waals surface area contributed by atoms with Crippen molar-refractivity contribution in [2.45, 2.75) is 26.9 Å². The third-order valence-corrected chi connectivity index (χ3v) is 2.93. The van der Waals surface area contributed by atoms with Gasteiger partial charge < -0.3 is 5.73 Å². The van der Waals surface area contributed by atoms with Crippen LogP contribution in [-0.2, 0) is 13.1 Å². The van der Waals surface area contributed by atoms with E-state index in [-0.39, 0.29) is 0 Å². The van der Waals surface area contributed by atoms with Crippen molar-refractivity contribution in [1.29, 1.82) is 0 Å². The van der Waals surface area contributed by atoms with Crippen molar-refractivity contribution in [3.8, 4) is 0 Å². The molecule has 1 aromatic carbocycles. The SMILES string of the molecule is CC(C)C[n+]1ccc2cc(CN)ccc2c1N. The van der Waals surface area contributed by atoms with Crippen molar-refractivity contribution in [3.63, 3.8) is 0 Å². The highest BCUT2D eigenvalue weighted by Gasteiger charge is 2.11. The third-order valence-electron chi connectivity index (χ3n) is 2.93. The van der Waals surface area contributed by atoms with Gasteiger partial charge in [0.25, 0.3) is 5.82 Å². The smallest absolute Gasteiger partial charge is 0.280 e. The highest BCUT2D eigenvalue weighted by Crippen LogP contribution is 2.19. The summed E-state index contributed by atoms with van der Waals surface area (Å²) in [5.41, 5.74) is 13.0. The molecule has 0 aliphatic carbocycles. The number of nitrogens with zero attached hydrogens (tertiary/aromatic N) is 1. The fourth-order valence-corrected chi connectivity index (χ4v) is 2.07. The lowest BCUT2D eigenvalue weighted by molar-refractivity contribution is -0.687. The van der Waals surface area contributed by atoms with Gasteiger partial charge in [0.05, 0.1) is 18.1 Å². The van der Waals surface area contributed by atoms with Crippen LogP contribution in [0, 0.1) is 5.92 Å². The minimum atomic E-state index is 0.566. The Bertz CT molecular complexity index is 532. The molecule has 0 radical (unpaired) electrons. The van der Waals surface area contributed by atoms with Crippen LogP contribution in [0.2, 0.25) is 0 Å². The van der Waals surface area contributed by atoms with Crippen LogP contribution in [0.3, 0.4) is 0 Å². The Kier molecular flexibility index (Phi) is 3.29. The van der Waals surface area contributed by atoms with Gasteiger partial charge in [-0.3, -0.25) is 5.73 Å². The highest BCUT2D eigenvalue weighted by atomic mass is 15.0. The van der Waals surface area contributed by atoms with E-state index >= 15 is 0 Å². The van der Waals surface area contributed by atoms with Crippen molar-refractivity contribution in [1.82, 2.24) is 0 Å². The van der Waals surface area contributed by atoms with Gasteiger partial charge in [-0.2, -0.15) is 0 Å². The number of rotatable bonds is 3. The molecule has 2 rings (SSSR count). The van der Waals surface area contributed by atoms with Crippen LogP contribution in [0.4, 0.5) is 5.82 Å². The molecular formula is C14H20N3+. The third kappa shape index (κ3) is 2.39. The van der Waals surface area contributed by atoms with Crippen LogP contribution in [0.1, 0.15) is 19.4 Å². The lowest BCUT2D eigenvalue weighted by Gasteiger charge is -2.08. The zero-order valence-corrected chi connectivity index (χ0v) is 10.5. The fraction of sp³-hybridized carbons (Fsp3) is 0.357. The van der Waals surface area contributed by atoms with Crippen molar-refractivity contribution >= 4 is 16.6 Å². The first kappa shape index (κ1) is 11.9. The Balaban J connectivity index is 2.52. The maximum Gasteiger partial charge on any atom is 0.280 e. The molecule has 0 aliphatic heterocycles. The van der Waals surface area contributed by atoms with Gasteiger partial charge in [-0.1, -0.05) is 19.9 Å². The van der Waals surface area contributed by atoms with Gasteiger partial charge >= 0.3 is 0 Å². The van der Waals surface area contributed by atoms with Gasteiger partial charge in [0, 0.05) is 6.54 Å². The molecule has 0 spiro atoms. The van der Waals surface area contributed by atoms with E-state index in [4.69, 9.17) is 11.5 Å². The first-order valence-electron chi connectivity index (χ1n) is 6.02. The van der Waals surface area contributed by atoms with E-state index in [1.54, 1.807) is 0 Å². The lowest BCUT2D eigenvalue weighted by atomic mass is 10.1. The average molecular weight is 230 g/mol. The number of aromatic nitrogens is 1. The minimum Gasteiger partial charge on any atom is -0.326 e. The van der Waals surface area contributed by atoms with E-state index in [9.17, 15) is 0 Å². The summed E-state index contributed by atoms with van der Waals surface area (Å²) < 4.78 is 2.11. The van der Waals surface area contributed by atoms with Crippen LogP contribution >= 0.6 is 0 Å². The van der Waals surface area contributed by atoms with E-state index < -0.39 is 0 Å². The van der Waals surface area contributed by atoms with E-state index in [0.29, 0.717) is 12.5 Å². The number of hydrogen-bond acceptors (Lipinski definition) is 2. The number of anilines is 1. The van der Waals surface area contributed by atoms with Crippen LogP contribution in [-0.4, -0.2) is 0 Å². The molecule has 0 amide bonds. The van der Waals surface area contributed by atoms with Crippen LogP contribution in [0.25, 0.3) is 10.8 Å². The van der Waals surface area contributed by atoms with Crippen molar-refractivity contribution < 1.29 is 4.57 Å². The summed E-state index contributed by atoms with van der Waals surface area (Å²) in [6.07, 6.45) is 2.05. The monoisotopic (exact) mass is 230 g/mol. The second-order valence-corrected chi connectivity index (χ2v) is 4.87. The second kappa shape index (κ2) is 4.72. The predicted molar refractivity (Wildman–Crippen MR) is 71.3 cm³/mol. The largest absolute Gasteiger partial charge is 0.326 e. The van der Waals surface area contributed by atoms with Gasteiger partial charge in [0.2, 0.25) is 0 Å². The predicted octanol–water partition coefficient (Wildman–Crippen LogP) is 1.82. The summed E-state index contributed by atoms with van der Waals surface area (Å²) in [7, 11) is 0. The molecule has 0 bridgehead atoms. The first-order valence-corrected chi connectivity index (χ1v) is 6.02. The summed E-state index contributed by atoms with van der Waals surface area (Å²) in [5.74, 6) is 1.42. The molecule has 4 N–H and O–H groups in total. The van der Waals surface area contributed by atoms with Crippen molar-refractivity contribution in [3.05, 3.63) is 36.0 Å². The average Bonchev–Trinajstić information content (AvgIpc) is 2.32. The first-order chi connectivity index (χ1) is 8.11. The Morgan fingerprint density at radius 2 is 2.00 bits per heavy atom. The summed E-state index contributed by atoms with van der Waals surface area (Å²) in [5, 5.41) is 2.26. The molecular weight excluding hydrogens is 210 g/mol. The molecule has 90 valence electrons. The number of nitrogens with two attached hydrogens (primary N) is 2. The summed E-state index contributed by atoms with van der Waals surface area (Å²) >= 11 is 0. The normalized spacial score (nSPS) is 11.3. The molecule has 0 fully saturated rings. The summed E-state index contributed by atoms with van der Waals surface area (Å²) in [6.45, 7) is 5.89. The Hall–Kier alpha value is -1.61. The molecule has 0 saturated heterocycles. The minimum absolute atomic E-state index is 0.566. The highest BCUT2D eigenvalue weighted by molar-refractivity contribution is 5.89. The zero-order chi connectivity index (χ0) is 12.4. The molecule has 17 heavy (non-hydrogen) atoms. The molecule has 0 saturated carbocycles. The van der Waals surface area contributed by atoms with E-state index in [1.807, 2.05) is 6.07 Å². The molecule has 3 nitrogen and oxygen atoms in total. The van der Waals surface area contributed by atoms with Crippen LogP contribution in [0.15, 0.2) is 30.5 Å². The number of pyridine rings is 1. The topological polar surface area (TPSA) is 55.9 Å². The van der Waals surface area contributed by atoms with E-state index in [0.717, 1.165) is 28.7 Å². The standard InChI is InChI=1S/C14H19N3/c1-10(2)9-17-6-5-12-7-11(8-15)3-4-13(12)14(17)16/h3-7,10,16H,8-9,15H2,1-2H3/p+1. The maximum atomic E-state index is 6.19. The molecule has 0 aliphatic rings. The van der Waals surface area contributed by atoms with Gasteiger partial charge in [-0.25, -0.2) is 4.57 Å². The van der Waals surface area contributed by atoms with Crippen LogP contribution in [0.5, 0.6) is 0 Å². The zero-order valence-electron chi connectivity index (χ0n) is 10.5. The van der Waals surface area contributed by atoms with Gasteiger partial charge in [-0.15, -0.1) is 0 Å². The van der Waals surface area contributed by atoms with E-state index in [1.165, 1.54) is 0 Å². The molecule has 0 atom stereocenters. The number of hydrogen-bond donors (Lipinski definition) is 2. The van der Waals surface area contributed by atoms with Gasteiger partial charge in [0.1, 0.15) is 0 Å². The van der Waals surface area contributed by atoms with Gasteiger partial charge in [0.15, 0.2) is 0 Å². The van der Waals surface area contributed by atoms with E-state index in [2.05, 4.69) is 42.8 Å². The summed E-state index contributed by atoms with van der Waals surface area (Å²) in [4.78, 5) is 0. The molecule has 1 heterocycles. The molecule has 2 aromatic rings. The second-order valence-electron chi connectivity index (χ2n) is 4.87. The number of fused-ring (bicyclic) bond motifs is 1. The van der Waals surface area contributed by atoms with Gasteiger partial charge in [-0.05, 0) is 35.1 Å². The molecule has 3 heteroatoms. The van der Waals surface area contributed by atoms with Crippen LogP contribution < -0.4 is 16.0 Å². The Morgan fingerprint density at radius 1 is 1.24 bits per heavy atom. The molecule has 0 unspecified atom stereocenters. The fourth-order valence-electron chi connectivity index (χ4n) is 2.07. The quantitative estimate of drug-likeness (QED) is 0.790. The number of benzene rings is 1. The molecule has 1 aromatic heterocycles. The van der Waals surface area contributed by atoms with Crippen molar-refractivity contribution in [2.24, 2.45) is 11.7 Å². The Morgan fingerprint density at radius 3 is 2.65 bits per heavy atom. The summed E-state index contributed by atoms with van der Waals surface area (Å²) in [6, 6.07) is 8.31. The lowest BCUT2D eigenvalue weighted by Crippen LogP contribution is -2.39.